The largest absolute Gasteiger partial charge is 0.490 e. The third-order valence-electron chi connectivity index (χ3n) is 6.01. The molecule has 1 amide bonds. The Morgan fingerprint density at radius 2 is 1.72 bits per heavy atom. The van der Waals surface area contributed by atoms with E-state index in [1.54, 1.807) is 0 Å². The van der Waals surface area contributed by atoms with Crippen molar-refractivity contribution >= 4 is 16.8 Å². The number of rotatable bonds is 4. The van der Waals surface area contributed by atoms with Gasteiger partial charge in [0.2, 0.25) is 5.91 Å². The predicted octanol–water partition coefficient (Wildman–Crippen LogP) is 4.99. The zero-order chi connectivity index (χ0) is 19.8. The summed E-state index contributed by atoms with van der Waals surface area (Å²) in [5.41, 5.74) is 4.50. The van der Waals surface area contributed by atoms with Gasteiger partial charge in [-0.2, -0.15) is 0 Å². The third-order valence-corrected chi connectivity index (χ3v) is 6.01. The fourth-order valence-corrected chi connectivity index (χ4v) is 4.09. The van der Waals surface area contributed by atoms with Gasteiger partial charge in [-0.3, -0.25) is 9.78 Å². The quantitative estimate of drug-likeness (QED) is 0.634. The van der Waals surface area contributed by atoms with Gasteiger partial charge in [0.15, 0.2) is 0 Å². The molecule has 5 rings (SSSR count). The van der Waals surface area contributed by atoms with E-state index in [-0.39, 0.29) is 6.10 Å². The zero-order valence-corrected chi connectivity index (χ0v) is 16.8. The van der Waals surface area contributed by atoms with Crippen LogP contribution in [0.25, 0.3) is 22.0 Å². The number of hydrogen-bond acceptors (Lipinski definition) is 3. The van der Waals surface area contributed by atoms with E-state index >= 15 is 0 Å². The smallest absolute Gasteiger partial charge is 0.225 e. The number of piperidine rings is 1. The highest BCUT2D eigenvalue weighted by Crippen LogP contribution is 2.32. The number of amides is 1. The molecule has 4 heteroatoms. The topological polar surface area (TPSA) is 42.4 Å². The summed E-state index contributed by atoms with van der Waals surface area (Å²) in [5, 5.41) is 1.15. The van der Waals surface area contributed by atoms with Crippen LogP contribution in [-0.2, 0) is 4.79 Å². The molecule has 0 atom stereocenters. The van der Waals surface area contributed by atoms with Crippen molar-refractivity contribution in [1.29, 1.82) is 0 Å². The summed E-state index contributed by atoms with van der Waals surface area (Å²) in [4.78, 5) is 18.8. The van der Waals surface area contributed by atoms with Crippen molar-refractivity contribution < 1.29 is 9.53 Å². The highest BCUT2D eigenvalue weighted by molar-refractivity contribution is 5.84. The van der Waals surface area contributed by atoms with Crippen LogP contribution in [0.3, 0.4) is 0 Å². The fourth-order valence-electron chi connectivity index (χ4n) is 4.09. The van der Waals surface area contributed by atoms with Crippen LogP contribution in [-0.4, -0.2) is 35.0 Å². The lowest BCUT2D eigenvalue weighted by Crippen LogP contribution is -2.42. The molecule has 2 aromatic carbocycles. The monoisotopic (exact) mass is 386 g/mol. The Bertz CT molecular complexity index is 1030. The number of hydrogen-bond donors (Lipinski definition) is 0. The maximum Gasteiger partial charge on any atom is 0.225 e. The second kappa shape index (κ2) is 7.51. The van der Waals surface area contributed by atoms with Crippen molar-refractivity contribution in [3.63, 3.8) is 0 Å². The Hall–Kier alpha value is -2.88. The number of benzene rings is 2. The van der Waals surface area contributed by atoms with E-state index < -0.39 is 0 Å². The third kappa shape index (κ3) is 3.98. The molecule has 1 aliphatic heterocycles. The van der Waals surface area contributed by atoms with Crippen LogP contribution < -0.4 is 4.74 Å². The van der Waals surface area contributed by atoms with Gasteiger partial charge in [-0.25, -0.2) is 0 Å². The van der Waals surface area contributed by atoms with Gasteiger partial charge in [0, 0.05) is 49.0 Å². The van der Waals surface area contributed by atoms with Crippen molar-refractivity contribution in [3.8, 4) is 16.9 Å². The van der Waals surface area contributed by atoms with Crippen LogP contribution in [0.1, 0.15) is 31.2 Å². The minimum Gasteiger partial charge on any atom is -0.490 e. The van der Waals surface area contributed by atoms with Crippen molar-refractivity contribution in [2.75, 3.05) is 13.1 Å². The zero-order valence-electron chi connectivity index (χ0n) is 16.8. The van der Waals surface area contributed by atoms with Crippen LogP contribution in [0.2, 0.25) is 0 Å². The molecule has 148 valence electrons. The molecular formula is C25H26N2O2. The molecule has 1 saturated carbocycles. The van der Waals surface area contributed by atoms with E-state index in [9.17, 15) is 4.79 Å². The highest BCUT2D eigenvalue weighted by atomic mass is 16.5. The molecule has 0 unspecified atom stereocenters. The molecule has 29 heavy (non-hydrogen) atoms. The summed E-state index contributed by atoms with van der Waals surface area (Å²) in [6.45, 7) is 3.73. The van der Waals surface area contributed by atoms with Crippen LogP contribution in [0, 0.1) is 12.8 Å². The lowest BCUT2D eigenvalue weighted by atomic mass is 10.0. The molecule has 1 saturated heterocycles. The standard InChI is InChI=1S/C25H26N2O2/c1-17-2-3-20-15-21(16-26-24(20)14-17)18-6-8-22(9-7-18)29-23-10-12-27(13-11-23)25(28)19-4-5-19/h2-3,6-9,14-16,19,23H,4-5,10-13H2,1H3. The van der Waals surface area contributed by atoms with E-state index in [0.717, 1.165) is 66.6 Å². The van der Waals surface area contributed by atoms with Gasteiger partial charge in [0.25, 0.3) is 0 Å². The van der Waals surface area contributed by atoms with Crippen molar-refractivity contribution in [2.45, 2.75) is 38.7 Å². The van der Waals surface area contributed by atoms with Gasteiger partial charge < -0.3 is 9.64 Å². The Labute approximate surface area is 171 Å². The minimum absolute atomic E-state index is 0.190. The number of aromatic nitrogens is 1. The molecule has 0 spiro atoms. The number of carbonyl (C=O) groups is 1. The van der Waals surface area contributed by atoms with E-state index in [2.05, 4.69) is 48.3 Å². The van der Waals surface area contributed by atoms with Gasteiger partial charge in [0.05, 0.1) is 5.52 Å². The maximum atomic E-state index is 12.2. The summed E-state index contributed by atoms with van der Waals surface area (Å²) in [6.07, 6.45) is 6.10. The van der Waals surface area contributed by atoms with Gasteiger partial charge in [0.1, 0.15) is 11.9 Å². The van der Waals surface area contributed by atoms with E-state index in [1.165, 1.54) is 5.56 Å². The van der Waals surface area contributed by atoms with Crippen LogP contribution in [0.4, 0.5) is 0 Å². The van der Waals surface area contributed by atoms with Crippen molar-refractivity contribution in [2.24, 2.45) is 5.92 Å². The number of aryl methyl sites for hydroxylation is 1. The molecule has 2 aliphatic rings. The molecule has 3 aromatic rings. The molecule has 1 aliphatic carbocycles. The number of fused-ring (bicyclic) bond motifs is 1. The van der Waals surface area contributed by atoms with Crippen LogP contribution in [0.15, 0.2) is 54.7 Å². The molecule has 0 N–H and O–H groups in total. The molecule has 4 nitrogen and oxygen atoms in total. The number of carbonyl (C=O) groups excluding carboxylic acids is 1. The first-order valence-electron chi connectivity index (χ1n) is 10.6. The van der Waals surface area contributed by atoms with E-state index in [4.69, 9.17) is 4.74 Å². The van der Waals surface area contributed by atoms with Gasteiger partial charge in [-0.05, 0) is 55.2 Å². The molecular weight excluding hydrogens is 360 g/mol. The Kier molecular flexibility index (Phi) is 4.70. The molecule has 2 fully saturated rings. The fraction of sp³-hybridized carbons (Fsp3) is 0.360. The number of likely N-dealkylation sites (tertiary alicyclic amines) is 1. The molecule has 2 heterocycles. The van der Waals surface area contributed by atoms with Crippen molar-refractivity contribution in [1.82, 2.24) is 9.88 Å². The Balaban J connectivity index is 1.22. The minimum atomic E-state index is 0.190. The lowest BCUT2D eigenvalue weighted by Gasteiger charge is -2.32. The van der Waals surface area contributed by atoms with Gasteiger partial charge >= 0.3 is 0 Å². The van der Waals surface area contributed by atoms with E-state index in [0.29, 0.717) is 11.8 Å². The summed E-state index contributed by atoms with van der Waals surface area (Å²) in [6, 6.07) is 16.8. The second-order valence-electron chi connectivity index (χ2n) is 8.36. The number of pyridine rings is 1. The first kappa shape index (κ1) is 18.2. The normalized spacial score (nSPS) is 17.5. The average Bonchev–Trinajstić information content (AvgIpc) is 3.59. The molecule has 1 aromatic heterocycles. The number of nitrogens with zero attached hydrogens (tertiary/aromatic N) is 2. The summed E-state index contributed by atoms with van der Waals surface area (Å²) in [5.74, 6) is 1.56. The highest BCUT2D eigenvalue weighted by Gasteiger charge is 2.35. The Morgan fingerprint density at radius 3 is 2.45 bits per heavy atom. The molecule has 0 bridgehead atoms. The Morgan fingerprint density at radius 1 is 0.966 bits per heavy atom. The first-order chi connectivity index (χ1) is 14.2. The van der Waals surface area contributed by atoms with Gasteiger partial charge in [-0.15, -0.1) is 0 Å². The number of ether oxygens (including phenoxy) is 1. The van der Waals surface area contributed by atoms with E-state index in [1.807, 2.05) is 23.2 Å². The summed E-state index contributed by atoms with van der Waals surface area (Å²) >= 11 is 0. The predicted molar refractivity (Wildman–Crippen MR) is 115 cm³/mol. The lowest BCUT2D eigenvalue weighted by molar-refractivity contribution is -0.134. The van der Waals surface area contributed by atoms with Gasteiger partial charge in [-0.1, -0.05) is 24.3 Å². The summed E-state index contributed by atoms with van der Waals surface area (Å²) in [7, 11) is 0. The average molecular weight is 386 g/mol. The molecule has 0 radical (unpaired) electrons. The second-order valence-corrected chi connectivity index (χ2v) is 8.36. The van der Waals surface area contributed by atoms with Crippen LogP contribution >= 0.6 is 0 Å². The first-order valence-corrected chi connectivity index (χ1v) is 10.6. The summed E-state index contributed by atoms with van der Waals surface area (Å²) < 4.78 is 6.18. The SMILES string of the molecule is Cc1ccc2cc(-c3ccc(OC4CCN(C(=O)C5CC5)CC4)cc3)cnc2c1. The van der Waals surface area contributed by atoms with Crippen molar-refractivity contribution in [3.05, 3.63) is 60.3 Å². The van der Waals surface area contributed by atoms with Crippen LogP contribution in [0.5, 0.6) is 5.75 Å². The maximum absolute atomic E-state index is 12.2.